The van der Waals surface area contributed by atoms with E-state index in [9.17, 15) is 4.39 Å². The van der Waals surface area contributed by atoms with Gasteiger partial charge in [-0.3, -0.25) is 0 Å². The van der Waals surface area contributed by atoms with Crippen LogP contribution in [-0.2, 0) is 0 Å². The molecule has 1 nitrogen and oxygen atoms in total. The minimum atomic E-state index is -0.203. The summed E-state index contributed by atoms with van der Waals surface area (Å²) in [5.74, 6) is -0.203. The van der Waals surface area contributed by atoms with Gasteiger partial charge < -0.3 is 5.32 Å². The van der Waals surface area contributed by atoms with Crippen molar-refractivity contribution in [3.63, 3.8) is 0 Å². The van der Waals surface area contributed by atoms with E-state index >= 15 is 0 Å². The van der Waals surface area contributed by atoms with Gasteiger partial charge in [-0.05, 0) is 48.1 Å². The number of hydrogen-bond donors (Lipinski definition) is 1. The Bertz CT molecular complexity index is 549. The van der Waals surface area contributed by atoms with Crippen LogP contribution < -0.4 is 5.32 Å². The van der Waals surface area contributed by atoms with Crippen LogP contribution in [0.5, 0.6) is 0 Å². The summed E-state index contributed by atoms with van der Waals surface area (Å²) in [7, 11) is 1.84. The zero-order chi connectivity index (χ0) is 13.3. The van der Waals surface area contributed by atoms with E-state index in [1.165, 1.54) is 10.9 Å². The number of rotatable bonds is 3. The summed E-state index contributed by atoms with van der Waals surface area (Å²) in [4.78, 5) is 2.30. The van der Waals surface area contributed by atoms with E-state index in [0.29, 0.717) is 5.56 Å². The zero-order valence-corrected chi connectivity index (χ0v) is 13.9. The van der Waals surface area contributed by atoms with Crippen LogP contribution in [0.15, 0.2) is 33.2 Å². The molecule has 2 rings (SSSR count). The van der Waals surface area contributed by atoms with Crippen LogP contribution in [0.4, 0.5) is 4.39 Å². The molecule has 2 aromatic rings. The van der Waals surface area contributed by atoms with Gasteiger partial charge in [0.2, 0.25) is 0 Å². The first-order valence-electron chi connectivity index (χ1n) is 5.41. The fraction of sp³-hybridized carbons (Fsp3) is 0.231. The fourth-order valence-corrected chi connectivity index (χ4v) is 3.83. The number of nitrogens with one attached hydrogen (secondary N) is 1. The zero-order valence-electron chi connectivity index (χ0n) is 9.93. The first kappa shape index (κ1) is 14.2. The number of hydrogen-bond acceptors (Lipinski definition) is 2. The Hall–Kier alpha value is -0.230. The normalized spacial score (nSPS) is 12.7. The van der Waals surface area contributed by atoms with E-state index in [1.54, 1.807) is 11.3 Å². The molecule has 0 spiro atoms. The van der Waals surface area contributed by atoms with Gasteiger partial charge >= 0.3 is 0 Å². The lowest BCUT2D eigenvalue weighted by Gasteiger charge is -2.16. The van der Waals surface area contributed by atoms with Gasteiger partial charge in [0.05, 0.1) is 6.04 Å². The van der Waals surface area contributed by atoms with Gasteiger partial charge in [-0.25, -0.2) is 4.39 Å². The molecule has 5 heteroatoms. The smallest absolute Gasteiger partial charge is 0.129 e. The first-order chi connectivity index (χ1) is 8.52. The quantitative estimate of drug-likeness (QED) is 0.772. The number of benzene rings is 1. The Morgan fingerprint density at radius 1 is 1.28 bits per heavy atom. The highest BCUT2D eigenvalue weighted by Gasteiger charge is 2.19. The highest BCUT2D eigenvalue weighted by Crippen LogP contribution is 2.34. The van der Waals surface area contributed by atoms with E-state index < -0.39 is 0 Å². The molecule has 18 heavy (non-hydrogen) atoms. The summed E-state index contributed by atoms with van der Waals surface area (Å²) < 4.78 is 15.8. The van der Waals surface area contributed by atoms with E-state index in [-0.39, 0.29) is 11.9 Å². The highest BCUT2D eigenvalue weighted by molar-refractivity contribution is 9.10. The lowest BCUT2D eigenvalue weighted by Crippen LogP contribution is -2.17. The van der Waals surface area contributed by atoms with Crippen molar-refractivity contribution in [3.05, 3.63) is 54.3 Å². The average molecular weight is 393 g/mol. The molecule has 0 saturated carbocycles. The molecule has 1 unspecified atom stereocenters. The summed E-state index contributed by atoms with van der Waals surface area (Å²) in [5.41, 5.74) is 0.662. The van der Waals surface area contributed by atoms with Gasteiger partial charge in [-0.15, -0.1) is 11.3 Å². The Morgan fingerprint density at radius 2 is 2.00 bits per heavy atom. The summed E-state index contributed by atoms with van der Waals surface area (Å²) in [6, 6.07) is 7.09. The maximum Gasteiger partial charge on any atom is 0.129 e. The Balaban J connectivity index is 2.45. The third-order valence-corrected chi connectivity index (χ3v) is 5.42. The Morgan fingerprint density at radius 3 is 2.50 bits per heavy atom. The van der Waals surface area contributed by atoms with Crippen molar-refractivity contribution in [1.82, 2.24) is 5.32 Å². The van der Waals surface area contributed by atoms with Crippen molar-refractivity contribution in [3.8, 4) is 0 Å². The van der Waals surface area contributed by atoms with Crippen molar-refractivity contribution in [2.75, 3.05) is 7.05 Å². The largest absolute Gasteiger partial charge is 0.309 e. The van der Waals surface area contributed by atoms with Crippen LogP contribution in [0, 0.1) is 12.7 Å². The monoisotopic (exact) mass is 391 g/mol. The predicted octanol–water partition coefficient (Wildman–Crippen LogP) is 5.03. The van der Waals surface area contributed by atoms with Crippen molar-refractivity contribution < 1.29 is 4.39 Å². The molecular weight excluding hydrogens is 381 g/mol. The van der Waals surface area contributed by atoms with Crippen molar-refractivity contribution in [2.45, 2.75) is 13.0 Å². The molecule has 1 heterocycles. The highest BCUT2D eigenvalue weighted by atomic mass is 79.9. The summed E-state index contributed by atoms with van der Waals surface area (Å²) >= 11 is 8.44. The van der Waals surface area contributed by atoms with Gasteiger partial charge in [0.1, 0.15) is 5.82 Å². The molecule has 0 amide bonds. The fourth-order valence-electron chi connectivity index (χ4n) is 1.81. The molecule has 1 aromatic carbocycles. The van der Waals surface area contributed by atoms with E-state index in [4.69, 9.17) is 0 Å². The lowest BCUT2D eigenvalue weighted by atomic mass is 10.1. The molecule has 96 valence electrons. The summed E-state index contributed by atoms with van der Waals surface area (Å²) in [5, 5.41) is 3.17. The SMILES string of the molecule is CNC(c1cc(Br)c(C)s1)c1ccc(Br)cc1F. The van der Waals surface area contributed by atoms with Gasteiger partial charge in [-0.2, -0.15) is 0 Å². The lowest BCUT2D eigenvalue weighted by molar-refractivity contribution is 0.578. The minimum absolute atomic E-state index is 0.118. The predicted molar refractivity (Wildman–Crippen MR) is 81.8 cm³/mol. The number of halogens is 3. The number of thiophene rings is 1. The topological polar surface area (TPSA) is 12.0 Å². The van der Waals surface area contributed by atoms with Crippen LogP contribution in [0.25, 0.3) is 0 Å². The van der Waals surface area contributed by atoms with Gasteiger partial charge in [0, 0.05) is 24.3 Å². The van der Waals surface area contributed by atoms with Crippen LogP contribution >= 0.6 is 43.2 Å². The maximum atomic E-state index is 14.0. The van der Waals surface area contributed by atoms with E-state index in [1.807, 2.05) is 32.2 Å². The second-order valence-corrected chi connectivity index (χ2v) is 7.00. The molecule has 0 bridgehead atoms. The molecule has 0 aliphatic rings. The third kappa shape index (κ3) is 2.85. The Labute approximate surface area is 127 Å². The van der Waals surface area contributed by atoms with Gasteiger partial charge in [-0.1, -0.05) is 22.0 Å². The third-order valence-electron chi connectivity index (χ3n) is 2.72. The summed E-state index contributed by atoms with van der Waals surface area (Å²) in [6.45, 7) is 2.04. The van der Waals surface area contributed by atoms with Crippen molar-refractivity contribution in [1.29, 1.82) is 0 Å². The number of aryl methyl sites for hydroxylation is 1. The Kier molecular flexibility index (Phi) is 4.59. The standard InChI is InChI=1S/C13H12Br2FNS/c1-7-10(15)6-12(18-7)13(17-2)9-4-3-8(14)5-11(9)16/h3-6,13,17H,1-2H3. The maximum absolute atomic E-state index is 14.0. The van der Waals surface area contributed by atoms with Crippen molar-refractivity contribution >= 4 is 43.2 Å². The van der Waals surface area contributed by atoms with E-state index in [0.717, 1.165) is 13.8 Å². The molecular formula is C13H12Br2FNS. The van der Waals surface area contributed by atoms with Crippen LogP contribution in [0.2, 0.25) is 0 Å². The second kappa shape index (κ2) is 5.82. The molecule has 1 aromatic heterocycles. The van der Waals surface area contributed by atoms with Crippen LogP contribution in [-0.4, -0.2) is 7.05 Å². The first-order valence-corrected chi connectivity index (χ1v) is 7.81. The molecule has 0 radical (unpaired) electrons. The summed E-state index contributed by atoms with van der Waals surface area (Å²) in [6.07, 6.45) is 0. The average Bonchev–Trinajstić information content (AvgIpc) is 2.63. The molecule has 0 aliphatic heterocycles. The molecule has 0 fully saturated rings. The molecule has 0 saturated heterocycles. The van der Waals surface area contributed by atoms with Gasteiger partial charge in [0.15, 0.2) is 0 Å². The van der Waals surface area contributed by atoms with E-state index in [2.05, 4.69) is 37.2 Å². The molecule has 1 atom stereocenters. The second-order valence-electron chi connectivity index (χ2n) is 3.94. The van der Waals surface area contributed by atoms with Crippen LogP contribution in [0.1, 0.15) is 21.4 Å². The van der Waals surface area contributed by atoms with Gasteiger partial charge in [0.25, 0.3) is 0 Å². The minimum Gasteiger partial charge on any atom is -0.309 e. The van der Waals surface area contributed by atoms with Crippen molar-refractivity contribution in [2.24, 2.45) is 0 Å². The molecule has 1 N–H and O–H groups in total. The molecule has 0 aliphatic carbocycles. The van der Waals surface area contributed by atoms with Crippen LogP contribution in [0.3, 0.4) is 0 Å².